The van der Waals surface area contributed by atoms with Crippen LogP contribution in [0.3, 0.4) is 0 Å². The van der Waals surface area contributed by atoms with Crippen LogP contribution in [0.2, 0.25) is 0 Å². The fourth-order valence-electron chi connectivity index (χ4n) is 3.78. The predicted octanol–water partition coefficient (Wildman–Crippen LogP) is 3.20. The minimum Gasteiger partial charge on any atom is -0.463 e. The molecule has 0 aromatic carbocycles. The van der Waals surface area contributed by atoms with Crippen molar-refractivity contribution < 1.29 is 23.5 Å². The second kappa shape index (κ2) is 9.21. The Hall–Kier alpha value is -3.69. The fraction of sp³-hybridized carbons (Fsp3) is 0.409. The summed E-state index contributed by atoms with van der Waals surface area (Å²) in [6.45, 7) is 3.31. The van der Waals surface area contributed by atoms with Crippen molar-refractivity contribution in [1.82, 2.24) is 25.4 Å². The molecule has 3 heterocycles. The quantitative estimate of drug-likeness (QED) is 0.564. The van der Waals surface area contributed by atoms with Gasteiger partial charge in [-0.1, -0.05) is 12.8 Å². The van der Waals surface area contributed by atoms with Crippen LogP contribution in [-0.4, -0.2) is 45.3 Å². The zero-order chi connectivity index (χ0) is 22.7. The lowest BCUT2D eigenvalue weighted by molar-refractivity contribution is -0.123. The molecule has 0 unspecified atom stereocenters. The normalized spacial score (nSPS) is 14.1. The Kier molecular flexibility index (Phi) is 6.20. The number of nitrogens with zero attached hydrogens (tertiary/aromatic N) is 3. The largest absolute Gasteiger partial charge is 0.463 e. The second-order valence-electron chi connectivity index (χ2n) is 8.03. The van der Waals surface area contributed by atoms with Gasteiger partial charge in [0.05, 0.1) is 23.4 Å². The van der Waals surface area contributed by atoms with Crippen LogP contribution in [0.4, 0.5) is 4.79 Å². The van der Waals surface area contributed by atoms with E-state index in [-0.39, 0.29) is 17.6 Å². The van der Waals surface area contributed by atoms with Crippen LogP contribution in [0.1, 0.15) is 55.9 Å². The van der Waals surface area contributed by atoms with Gasteiger partial charge in [-0.2, -0.15) is 5.10 Å². The minimum absolute atomic E-state index is 0.0138. The summed E-state index contributed by atoms with van der Waals surface area (Å²) < 4.78 is 12.3. The number of rotatable bonds is 6. The number of urea groups is 1. The molecule has 1 fully saturated rings. The Morgan fingerprint density at radius 2 is 2.06 bits per heavy atom. The first-order valence-electron chi connectivity index (χ1n) is 10.6. The average Bonchev–Trinajstić information content (AvgIpc) is 3.52. The summed E-state index contributed by atoms with van der Waals surface area (Å²) in [7, 11) is 0. The van der Waals surface area contributed by atoms with Crippen LogP contribution >= 0.6 is 0 Å². The number of carbonyl (C=O) groups is 3. The number of carbonyl (C=O) groups excluding carboxylic acids is 3. The number of pyridine rings is 1. The molecule has 10 heteroatoms. The van der Waals surface area contributed by atoms with Gasteiger partial charge in [0.15, 0.2) is 18.0 Å². The smallest absolute Gasteiger partial charge is 0.339 e. The van der Waals surface area contributed by atoms with E-state index in [1.54, 1.807) is 29.1 Å². The number of esters is 1. The molecule has 168 valence electrons. The molecule has 10 nitrogen and oxygen atoms in total. The van der Waals surface area contributed by atoms with Crippen molar-refractivity contribution in [1.29, 1.82) is 0 Å². The molecule has 0 bridgehead atoms. The summed E-state index contributed by atoms with van der Waals surface area (Å²) >= 11 is 0. The molecule has 2 N–H and O–H groups in total. The van der Waals surface area contributed by atoms with Crippen LogP contribution in [0, 0.1) is 0 Å². The van der Waals surface area contributed by atoms with Gasteiger partial charge in [-0.3, -0.25) is 10.1 Å². The number of hydrogen-bond donors (Lipinski definition) is 2. The molecule has 1 aliphatic rings. The highest BCUT2D eigenvalue weighted by molar-refractivity contribution is 6.04. The lowest BCUT2D eigenvalue weighted by Gasteiger charge is -2.12. The molecule has 1 aliphatic carbocycles. The van der Waals surface area contributed by atoms with E-state index in [1.807, 2.05) is 13.8 Å². The number of hydrogen-bond acceptors (Lipinski definition) is 7. The summed E-state index contributed by atoms with van der Waals surface area (Å²) in [5.41, 5.74) is 1.15. The van der Waals surface area contributed by atoms with Crippen molar-refractivity contribution in [3.63, 3.8) is 0 Å². The summed E-state index contributed by atoms with van der Waals surface area (Å²) in [5, 5.41) is 9.77. The van der Waals surface area contributed by atoms with Crippen molar-refractivity contribution in [2.24, 2.45) is 0 Å². The van der Waals surface area contributed by atoms with Gasteiger partial charge in [0.1, 0.15) is 5.69 Å². The predicted molar refractivity (Wildman–Crippen MR) is 115 cm³/mol. The maximum atomic E-state index is 12.8. The van der Waals surface area contributed by atoms with Gasteiger partial charge in [-0.15, -0.1) is 0 Å². The Balaban J connectivity index is 1.49. The molecule has 3 amide bonds. The lowest BCUT2D eigenvalue weighted by atomic mass is 10.1. The zero-order valence-corrected chi connectivity index (χ0v) is 18.0. The highest BCUT2D eigenvalue weighted by Gasteiger charge is 2.22. The molecule has 1 saturated carbocycles. The van der Waals surface area contributed by atoms with E-state index in [0.29, 0.717) is 22.5 Å². The van der Waals surface area contributed by atoms with Crippen LogP contribution in [0.5, 0.6) is 0 Å². The molecular formula is C22H25N5O5. The number of fused-ring (bicyclic) bond motifs is 1. The van der Waals surface area contributed by atoms with Crippen molar-refractivity contribution in [2.45, 2.75) is 51.6 Å². The molecule has 4 rings (SSSR count). The van der Waals surface area contributed by atoms with Gasteiger partial charge in [-0.05, 0) is 44.9 Å². The number of aromatic nitrogens is 3. The minimum atomic E-state index is -0.722. The van der Waals surface area contributed by atoms with Crippen LogP contribution < -0.4 is 10.6 Å². The van der Waals surface area contributed by atoms with E-state index in [9.17, 15) is 14.4 Å². The van der Waals surface area contributed by atoms with E-state index in [0.717, 1.165) is 25.7 Å². The fourth-order valence-corrected chi connectivity index (χ4v) is 3.78. The SMILES string of the molecule is CC(C)n1ncc2c(C(=O)OCC(=O)NC(=O)NC3CCCC3)cc(-c3ccco3)nc21. The molecule has 3 aromatic heterocycles. The first-order valence-corrected chi connectivity index (χ1v) is 10.6. The molecule has 3 aromatic rings. The molecular weight excluding hydrogens is 414 g/mol. The topological polar surface area (TPSA) is 128 Å². The van der Waals surface area contributed by atoms with Crippen LogP contribution in [0.15, 0.2) is 35.1 Å². The maximum absolute atomic E-state index is 12.8. The van der Waals surface area contributed by atoms with Crippen molar-refractivity contribution in [2.75, 3.05) is 6.61 Å². The van der Waals surface area contributed by atoms with E-state index in [1.165, 1.54) is 6.26 Å². The summed E-state index contributed by atoms with van der Waals surface area (Å²) in [6.07, 6.45) is 6.97. The number of furan rings is 1. The van der Waals surface area contributed by atoms with Crippen LogP contribution in [-0.2, 0) is 9.53 Å². The Labute approximate surface area is 184 Å². The van der Waals surface area contributed by atoms with Crippen molar-refractivity contribution in [3.8, 4) is 11.5 Å². The van der Waals surface area contributed by atoms with Gasteiger partial charge in [0.25, 0.3) is 5.91 Å². The number of amides is 3. The monoisotopic (exact) mass is 439 g/mol. The molecule has 0 atom stereocenters. The van der Waals surface area contributed by atoms with Gasteiger partial charge in [0.2, 0.25) is 0 Å². The Bertz CT molecular complexity index is 1130. The highest BCUT2D eigenvalue weighted by Crippen LogP contribution is 2.27. The van der Waals surface area contributed by atoms with Gasteiger partial charge >= 0.3 is 12.0 Å². The van der Waals surface area contributed by atoms with Gasteiger partial charge < -0.3 is 14.5 Å². The third kappa shape index (κ3) is 4.63. The molecule has 0 aliphatic heterocycles. The van der Waals surface area contributed by atoms with Gasteiger partial charge in [0, 0.05) is 12.1 Å². The number of ether oxygens (including phenoxy) is 1. The van der Waals surface area contributed by atoms with Gasteiger partial charge in [-0.25, -0.2) is 19.3 Å². The second-order valence-corrected chi connectivity index (χ2v) is 8.03. The Morgan fingerprint density at radius 1 is 1.28 bits per heavy atom. The highest BCUT2D eigenvalue weighted by atomic mass is 16.5. The standard InChI is InChI=1S/C22H25N5O5/c1-13(2)27-20-16(11-23-27)15(10-17(25-20)18-8-5-9-31-18)21(29)32-12-19(28)26-22(30)24-14-6-3-4-7-14/h5,8-11,13-14H,3-4,6-7,12H2,1-2H3,(H2,24,26,28,30). The van der Waals surface area contributed by atoms with Crippen molar-refractivity contribution >= 4 is 28.9 Å². The third-order valence-corrected chi connectivity index (χ3v) is 5.33. The maximum Gasteiger partial charge on any atom is 0.339 e. The average molecular weight is 439 g/mol. The van der Waals surface area contributed by atoms with E-state index < -0.39 is 24.5 Å². The first-order chi connectivity index (χ1) is 15.4. The molecule has 0 spiro atoms. The van der Waals surface area contributed by atoms with E-state index in [2.05, 4.69) is 20.7 Å². The third-order valence-electron chi connectivity index (χ3n) is 5.33. The number of nitrogens with one attached hydrogen (secondary N) is 2. The molecule has 0 radical (unpaired) electrons. The lowest BCUT2D eigenvalue weighted by Crippen LogP contribution is -2.45. The molecule has 32 heavy (non-hydrogen) atoms. The zero-order valence-electron chi connectivity index (χ0n) is 18.0. The summed E-state index contributed by atoms with van der Waals surface area (Å²) in [4.78, 5) is 41.4. The van der Waals surface area contributed by atoms with E-state index >= 15 is 0 Å². The van der Waals surface area contributed by atoms with Crippen molar-refractivity contribution in [3.05, 3.63) is 36.2 Å². The van der Waals surface area contributed by atoms with E-state index in [4.69, 9.17) is 9.15 Å². The molecule has 0 saturated heterocycles. The number of imide groups is 1. The Morgan fingerprint density at radius 3 is 2.75 bits per heavy atom. The first kappa shape index (κ1) is 21.5. The summed E-state index contributed by atoms with van der Waals surface area (Å²) in [5.74, 6) is -0.943. The summed E-state index contributed by atoms with van der Waals surface area (Å²) in [6, 6.07) is 4.51. The van der Waals surface area contributed by atoms with Crippen LogP contribution in [0.25, 0.3) is 22.5 Å².